The molecule has 4 unspecified atom stereocenters. The Morgan fingerprint density at radius 3 is 1.21 bits per heavy atom. The van der Waals surface area contributed by atoms with Crippen molar-refractivity contribution in [2.75, 3.05) is 125 Å². The van der Waals surface area contributed by atoms with E-state index in [-0.39, 0.29) is 11.8 Å². The van der Waals surface area contributed by atoms with Crippen LogP contribution in [0.4, 0.5) is 34.8 Å². The number of carbonyl (C=O) groups is 1. The lowest BCUT2D eigenvalue weighted by Crippen LogP contribution is -2.45. The minimum Gasteiger partial charge on any atom is -0.494 e. The van der Waals surface area contributed by atoms with Crippen LogP contribution in [0, 0.1) is 122 Å². The molecule has 0 spiro atoms. The standard InChI is InChI=1S/C28H39N5O3.C26H28N4O.C25H34N4O.C21H26N4O.C20H26N4O2/c1-8-31(9-2)28(34)21-12-11-15-32(17-21)27-26-20(6)33(19(5)25(26)18(4)29-30-27)23-14-13-22(36-10-3)16-24(23)35-7;1-5-31-23-13-11-22(12-14-23)30-17(3)24-16(2)28-29-26(25(24)18(30)4)27-21-10-9-19-7-6-8-20(19)15-21;1-7-30-21-13-11-20(12-14-21)29-18(5)23-17(4)27-28-25(24(23)19(29)6)26-22-10-8-9-15(2)16(22)3;1-5-26-18-10-8-17(9-11-18)25-15(3)19-14(2)22-23-21(20(19)16(25)4)24-12-6-7-13-24;1-6-26-17-9-7-16(8-10-17)24-14(3)18-13(2)22-23-20(19(18)15(24)4)21-11-12-25-5/h13-14,16,21H,8-12,15,17H2,1-7H3;9-15H,5-8H2,1-4H3,(H,27,29);11-16,22H,7-10H2,1-6H3,(H,26,28);8-11H,5-7,12-13H2,1-4H3;7-10H,6,11-12H2,1-5H3,(H,21,23). The number of amides is 1. The number of hydrogen-bond donors (Lipinski definition) is 3. The number of methoxy groups -OCH3 is 2. The monoisotopic (exact) mass is 2020 g/mol. The number of fused-ring (bicyclic) bond motifs is 6. The average Bonchev–Trinajstić information content (AvgIpc) is 1.60. The van der Waals surface area contributed by atoms with Crippen molar-refractivity contribution in [3.63, 3.8) is 0 Å². The van der Waals surface area contributed by atoms with E-state index in [4.69, 9.17) is 33.2 Å². The van der Waals surface area contributed by atoms with Crippen molar-refractivity contribution in [2.24, 2.45) is 17.8 Å². The van der Waals surface area contributed by atoms with Gasteiger partial charge in [0.1, 0.15) is 34.5 Å². The van der Waals surface area contributed by atoms with Crippen LogP contribution in [0.2, 0.25) is 0 Å². The highest BCUT2D eigenvalue weighted by molar-refractivity contribution is 6.03. The molecule has 0 bridgehead atoms. The summed E-state index contributed by atoms with van der Waals surface area (Å²) in [5.41, 5.74) is 25.8. The Labute approximate surface area is 878 Å². The topological polar surface area (TPSA) is 281 Å². The number of nitrogens with one attached hydrogen (secondary N) is 3. The molecule has 1 saturated carbocycles. The summed E-state index contributed by atoms with van der Waals surface area (Å²) in [6, 6.07) is 46.1. The van der Waals surface area contributed by atoms with Crippen LogP contribution in [0.5, 0.6) is 34.5 Å². The molecule has 3 N–H and O–H groups in total. The van der Waals surface area contributed by atoms with E-state index in [1.807, 2.05) is 141 Å². The molecule has 16 aromatic rings. The van der Waals surface area contributed by atoms with Gasteiger partial charge >= 0.3 is 0 Å². The summed E-state index contributed by atoms with van der Waals surface area (Å²) in [6.07, 6.45) is 11.7. The number of benzene rings is 6. The van der Waals surface area contributed by atoms with Gasteiger partial charge in [-0.15, -0.1) is 25.5 Å². The first-order valence-electron chi connectivity index (χ1n) is 53.7. The van der Waals surface area contributed by atoms with E-state index >= 15 is 0 Å². The van der Waals surface area contributed by atoms with Gasteiger partial charge in [-0.1, -0.05) is 32.8 Å². The quantitative estimate of drug-likeness (QED) is 0.0367. The van der Waals surface area contributed by atoms with Gasteiger partial charge in [-0.2, -0.15) is 25.5 Å². The molecular weight excluding hydrogens is 1860 g/mol. The lowest BCUT2D eigenvalue weighted by molar-refractivity contribution is -0.135. The van der Waals surface area contributed by atoms with Gasteiger partial charge in [0.2, 0.25) is 5.91 Å². The van der Waals surface area contributed by atoms with Crippen LogP contribution >= 0.6 is 0 Å². The summed E-state index contributed by atoms with van der Waals surface area (Å²) in [7, 11) is 3.37. The van der Waals surface area contributed by atoms with E-state index < -0.39 is 0 Å². The van der Waals surface area contributed by atoms with Crippen LogP contribution in [0.1, 0.15) is 210 Å². The second-order valence-electron chi connectivity index (χ2n) is 39.8. The Morgan fingerprint density at radius 2 is 0.752 bits per heavy atom. The summed E-state index contributed by atoms with van der Waals surface area (Å²) in [5.74, 6) is 11.1. The van der Waals surface area contributed by atoms with Gasteiger partial charge in [-0.25, -0.2) is 0 Å². The third kappa shape index (κ3) is 22.1. The molecule has 0 radical (unpaired) electrons. The maximum absolute atomic E-state index is 13.1. The fourth-order valence-corrected chi connectivity index (χ4v) is 23.2. The molecule has 29 nitrogen and oxygen atoms in total. The minimum absolute atomic E-state index is 0.0218. The van der Waals surface area contributed by atoms with E-state index in [0.29, 0.717) is 64.7 Å². The third-order valence-corrected chi connectivity index (χ3v) is 30.5. The maximum Gasteiger partial charge on any atom is 0.227 e. The highest BCUT2D eigenvalue weighted by Crippen LogP contribution is 2.46. The van der Waals surface area contributed by atoms with Crippen molar-refractivity contribution in [3.8, 4) is 62.9 Å². The van der Waals surface area contributed by atoms with Gasteiger partial charge < -0.3 is 86.6 Å². The van der Waals surface area contributed by atoms with Crippen LogP contribution in [-0.2, 0) is 22.4 Å². The Hall–Kier alpha value is -14.4. The molecule has 786 valence electrons. The molecular formula is C120H153N21O8. The van der Waals surface area contributed by atoms with E-state index in [9.17, 15) is 4.79 Å². The van der Waals surface area contributed by atoms with Crippen LogP contribution < -0.4 is 54.2 Å². The van der Waals surface area contributed by atoms with Crippen molar-refractivity contribution in [2.45, 2.75) is 236 Å². The molecule has 12 heterocycles. The number of aromatic nitrogens is 15. The number of hydrogen-bond acceptors (Lipinski definition) is 23. The van der Waals surface area contributed by atoms with E-state index in [0.717, 1.165) is 245 Å². The third-order valence-electron chi connectivity index (χ3n) is 30.5. The van der Waals surface area contributed by atoms with Crippen molar-refractivity contribution < 1.29 is 38.0 Å². The average molecular weight is 2020 g/mol. The van der Waals surface area contributed by atoms with Crippen LogP contribution in [0.15, 0.2) is 133 Å². The molecule has 2 aliphatic carbocycles. The van der Waals surface area contributed by atoms with Crippen molar-refractivity contribution in [1.29, 1.82) is 0 Å². The van der Waals surface area contributed by atoms with E-state index in [1.54, 1.807) is 14.2 Å². The minimum atomic E-state index is -0.0218. The van der Waals surface area contributed by atoms with Crippen molar-refractivity contribution >= 4 is 94.5 Å². The zero-order valence-electron chi connectivity index (χ0n) is 92.6. The van der Waals surface area contributed by atoms with Crippen molar-refractivity contribution in [1.82, 2.24) is 78.7 Å². The summed E-state index contributed by atoms with van der Waals surface area (Å²) < 4.78 is 50.4. The largest absolute Gasteiger partial charge is 0.494 e. The lowest BCUT2D eigenvalue weighted by Gasteiger charge is -2.35. The Balaban J connectivity index is 0.000000133. The number of carbonyl (C=O) groups excluding carboxylic acids is 1. The van der Waals surface area contributed by atoms with Gasteiger partial charge in [0, 0.05) is 204 Å². The number of ether oxygens (including phenoxy) is 7. The number of anilines is 6. The first-order valence-corrected chi connectivity index (χ1v) is 53.7. The van der Waals surface area contributed by atoms with E-state index in [2.05, 4.69) is 263 Å². The fourth-order valence-electron chi connectivity index (χ4n) is 23.2. The number of aryl methyl sites for hydroxylation is 17. The fraction of sp³-hybridized carbons (Fsp3) is 0.442. The van der Waals surface area contributed by atoms with Gasteiger partial charge in [0.15, 0.2) is 29.1 Å². The molecule has 2 saturated heterocycles. The second-order valence-corrected chi connectivity index (χ2v) is 39.8. The lowest BCUT2D eigenvalue weighted by atomic mass is 9.78. The first kappa shape index (κ1) is 107. The Morgan fingerprint density at radius 1 is 0.369 bits per heavy atom. The van der Waals surface area contributed by atoms with Gasteiger partial charge in [0.05, 0.1) is 86.8 Å². The molecule has 4 aliphatic rings. The molecule has 149 heavy (non-hydrogen) atoms. The molecule has 20 rings (SSSR count). The van der Waals surface area contributed by atoms with Gasteiger partial charge in [0.25, 0.3) is 0 Å². The van der Waals surface area contributed by atoms with Gasteiger partial charge in [-0.05, 0) is 348 Å². The number of rotatable bonds is 29. The summed E-state index contributed by atoms with van der Waals surface area (Å²) in [5, 5.41) is 67.5. The maximum atomic E-state index is 13.1. The molecule has 2 aliphatic heterocycles. The van der Waals surface area contributed by atoms with Crippen molar-refractivity contribution in [3.05, 3.63) is 230 Å². The summed E-state index contributed by atoms with van der Waals surface area (Å²) in [6.45, 7) is 60.2. The molecule has 3 fully saturated rings. The van der Waals surface area contributed by atoms with E-state index in [1.165, 1.54) is 106 Å². The molecule has 4 atom stereocenters. The van der Waals surface area contributed by atoms with Crippen LogP contribution in [0.3, 0.4) is 0 Å². The molecule has 1 amide bonds. The second kappa shape index (κ2) is 47.9. The highest BCUT2D eigenvalue weighted by Gasteiger charge is 2.35. The molecule has 10 aromatic heterocycles. The highest BCUT2D eigenvalue weighted by atomic mass is 16.5. The SMILES string of the molecule is CCOc1ccc(-n2c(C)c3c(C)nnc(N4CCCC(C(=O)N(CC)CC)C4)c3c2C)c(OC)c1.CCOc1ccc(-n2c(C)c3c(C)nnc(N4CCCC4)c3c2C)cc1.CCOc1ccc(-n2c(C)c3c(C)nnc(NC4CCCC(C)C4C)c3c2C)cc1.CCOc1ccc(-n2c(C)c3c(C)nnc(NCCOC)c3c2C)cc1.CCOc1ccc(-n2c(C)c3c(C)nnc(Nc4ccc5c(c4)CCC5)c3c2C)cc1. The first-order chi connectivity index (χ1) is 72.0. The predicted molar refractivity (Wildman–Crippen MR) is 604 cm³/mol. The summed E-state index contributed by atoms with van der Waals surface area (Å²) >= 11 is 0. The van der Waals surface area contributed by atoms with Gasteiger partial charge in [-0.3, -0.25) is 4.79 Å². The smallest absolute Gasteiger partial charge is 0.227 e. The normalized spacial score (nSPS) is 15.3. The zero-order chi connectivity index (χ0) is 106. The number of nitrogens with zero attached hydrogens (tertiary/aromatic N) is 18. The zero-order valence-corrected chi connectivity index (χ0v) is 92.6. The summed E-state index contributed by atoms with van der Waals surface area (Å²) in [4.78, 5) is 19.7. The predicted octanol–water partition coefficient (Wildman–Crippen LogP) is 24.9. The Bertz CT molecular complexity index is 7410. The van der Waals surface area contributed by atoms with Crippen LogP contribution in [0.25, 0.3) is 82.3 Å². The number of piperidine rings is 1. The Kier molecular flexibility index (Phi) is 34.5. The molecule has 6 aromatic carbocycles. The molecule has 29 heteroatoms. The van der Waals surface area contributed by atoms with Crippen LogP contribution in [-0.4, -0.2) is 190 Å².